The zero-order valence-corrected chi connectivity index (χ0v) is 22.0. The predicted molar refractivity (Wildman–Crippen MR) is 146 cm³/mol. The quantitative estimate of drug-likeness (QED) is 0.354. The van der Waals surface area contributed by atoms with E-state index in [0.717, 1.165) is 42.4 Å². The number of halogens is 2. The topological polar surface area (TPSA) is 49.4 Å². The van der Waals surface area contributed by atoms with Gasteiger partial charge in [-0.2, -0.15) is 0 Å². The summed E-state index contributed by atoms with van der Waals surface area (Å²) in [6.07, 6.45) is 5.39. The minimum atomic E-state index is -0.747. The van der Waals surface area contributed by atoms with Crippen molar-refractivity contribution in [3.63, 3.8) is 0 Å². The number of rotatable bonds is 9. The van der Waals surface area contributed by atoms with E-state index in [1.807, 2.05) is 61.5 Å². The summed E-state index contributed by atoms with van der Waals surface area (Å²) in [5.41, 5.74) is 3.08. The van der Waals surface area contributed by atoms with Crippen LogP contribution in [-0.2, 0) is 29.0 Å². The summed E-state index contributed by atoms with van der Waals surface area (Å²) in [6, 6.07) is 21.4. The summed E-state index contributed by atoms with van der Waals surface area (Å²) in [4.78, 5) is 29.3. The minimum Gasteiger partial charge on any atom is -0.352 e. The second-order valence-corrected chi connectivity index (χ2v) is 10.3. The molecule has 6 heteroatoms. The van der Waals surface area contributed by atoms with Crippen LogP contribution in [0.4, 0.5) is 4.39 Å². The fraction of sp³-hybridized carbons (Fsp3) is 0.355. The summed E-state index contributed by atoms with van der Waals surface area (Å²) in [5, 5.41) is 3.43. The molecular weight excluding hydrogens is 487 g/mol. The Kier molecular flexibility index (Phi) is 9.34. The number of benzene rings is 3. The molecule has 1 saturated carbocycles. The van der Waals surface area contributed by atoms with Crippen molar-refractivity contribution in [1.82, 2.24) is 10.2 Å². The summed E-state index contributed by atoms with van der Waals surface area (Å²) in [5.74, 6) is -1.03. The molecule has 1 fully saturated rings. The number of amides is 2. The molecule has 3 aromatic rings. The summed E-state index contributed by atoms with van der Waals surface area (Å²) < 4.78 is 14.6. The molecule has 1 aliphatic carbocycles. The Morgan fingerprint density at radius 2 is 1.68 bits per heavy atom. The van der Waals surface area contributed by atoms with Crippen LogP contribution in [0.25, 0.3) is 0 Å². The highest BCUT2D eigenvalue weighted by Gasteiger charge is 2.32. The van der Waals surface area contributed by atoms with Gasteiger partial charge in [0.1, 0.15) is 11.9 Å². The summed E-state index contributed by atoms with van der Waals surface area (Å²) in [7, 11) is 0. The maximum absolute atomic E-state index is 14.6. The Morgan fingerprint density at radius 1 is 0.973 bits per heavy atom. The van der Waals surface area contributed by atoms with Gasteiger partial charge in [0, 0.05) is 29.6 Å². The van der Waals surface area contributed by atoms with Crippen LogP contribution in [0.3, 0.4) is 0 Å². The van der Waals surface area contributed by atoms with Crippen LogP contribution in [0.15, 0.2) is 72.8 Å². The van der Waals surface area contributed by atoms with Crippen LogP contribution >= 0.6 is 11.6 Å². The largest absolute Gasteiger partial charge is 0.352 e. The van der Waals surface area contributed by atoms with Gasteiger partial charge in [0.25, 0.3) is 0 Å². The fourth-order valence-corrected chi connectivity index (χ4v) is 5.29. The maximum Gasteiger partial charge on any atom is 0.243 e. The van der Waals surface area contributed by atoms with Crippen molar-refractivity contribution in [2.45, 2.75) is 70.5 Å². The third kappa shape index (κ3) is 7.42. The van der Waals surface area contributed by atoms with Crippen molar-refractivity contribution in [3.05, 3.63) is 106 Å². The van der Waals surface area contributed by atoms with Gasteiger partial charge in [0.15, 0.2) is 0 Å². The monoisotopic (exact) mass is 520 g/mol. The van der Waals surface area contributed by atoms with Gasteiger partial charge in [-0.25, -0.2) is 4.39 Å². The Morgan fingerprint density at radius 3 is 2.38 bits per heavy atom. The normalized spacial score (nSPS) is 14.7. The molecule has 0 bridgehead atoms. The van der Waals surface area contributed by atoms with Gasteiger partial charge in [0.2, 0.25) is 11.8 Å². The molecular formula is C31H34ClFN2O2. The van der Waals surface area contributed by atoms with Crippen LogP contribution < -0.4 is 5.32 Å². The van der Waals surface area contributed by atoms with E-state index < -0.39 is 11.9 Å². The summed E-state index contributed by atoms with van der Waals surface area (Å²) >= 11 is 6.27. The average molecular weight is 521 g/mol. The van der Waals surface area contributed by atoms with Crippen molar-refractivity contribution in [2.24, 2.45) is 0 Å². The molecule has 0 heterocycles. The number of aryl methyl sites for hydroxylation is 1. The molecule has 4 nitrogen and oxygen atoms in total. The van der Waals surface area contributed by atoms with E-state index in [0.29, 0.717) is 6.42 Å². The molecule has 3 aromatic carbocycles. The van der Waals surface area contributed by atoms with Crippen molar-refractivity contribution < 1.29 is 14.0 Å². The van der Waals surface area contributed by atoms with Crippen LogP contribution in [0.2, 0.25) is 5.02 Å². The second kappa shape index (κ2) is 12.9. The Balaban J connectivity index is 1.68. The van der Waals surface area contributed by atoms with Crippen LogP contribution in [0.5, 0.6) is 0 Å². The SMILES string of the molecule is Cc1cccc(CN(C(=O)Cc2c(F)cccc2Cl)[C@@H](Cc2ccccc2)C(=O)NC2CCCCC2)c1. The first-order valence-corrected chi connectivity index (χ1v) is 13.4. The van der Waals surface area contributed by atoms with Crippen LogP contribution in [0.1, 0.15) is 54.4 Å². The third-order valence-corrected chi connectivity index (χ3v) is 7.40. The molecule has 0 spiro atoms. The lowest BCUT2D eigenvalue weighted by Crippen LogP contribution is -2.53. The lowest BCUT2D eigenvalue weighted by molar-refractivity contribution is -0.141. The van der Waals surface area contributed by atoms with Gasteiger partial charge in [-0.05, 0) is 43.0 Å². The van der Waals surface area contributed by atoms with E-state index in [1.54, 1.807) is 11.0 Å². The zero-order chi connectivity index (χ0) is 26.2. The molecule has 0 aliphatic heterocycles. The standard InChI is InChI=1S/C31H34ClFN2O2/c1-22-10-8-13-24(18-22)21-35(30(36)20-26-27(32)16-9-17-28(26)33)29(19-23-11-4-2-5-12-23)31(37)34-25-14-6-3-7-15-25/h2,4-5,8-13,16-18,25,29H,3,6-7,14-15,19-21H2,1H3,(H,34,37)/t29-/m0/s1. The van der Waals surface area contributed by atoms with E-state index >= 15 is 0 Å². The molecule has 0 radical (unpaired) electrons. The molecule has 0 saturated heterocycles. The zero-order valence-electron chi connectivity index (χ0n) is 21.3. The van der Waals surface area contributed by atoms with Gasteiger partial charge in [0.05, 0.1) is 6.42 Å². The summed E-state index contributed by atoms with van der Waals surface area (Å²) in [6.45, 7) is 2.23. The second-order valence-electron chi connectivity index (χ2n) is 9.94. The maximum atomic E-state index is 14.6. The average Bonchev–Trinajstić information content (AvgIpc) is 2.89. The predicted octanol–water partition coefficient (Wildman–Crippen LogP) is 6.42. The Bertz CT molecular complexity index is 1190. The van der Waals surface area contributed by atoms with Gasteiger partial charge in [-0.15, -0.1) is 0 Å². The molecule has 0 unspecified atom stereocenters. The molecule has 4 rings (SSSR count). The van der Waals surface area contributed by atoms with E-state index in [9.17, 15) is 14.0 Å². The molecule has 2 amide bonds. The van der Waals surface area contributed by atoms with E-state index in [2.05, 4.69) is 5.32 Å². The molecule has 1 aliphatic rings. The van der Waals surface area contributed by atoms with Gasteiger partial charge in [-0.3, -0.25) is 9.59 Å². The van der Waals surface area contributed by atoms with E-state index in [1.165, 1.54) is 18.6 Å². The Hall–Kier alpha value is -3.18. The van der Waals surface area contributed by atoms with Crippen molar-refractivity contribution in [2.75, 3.05) is 0 Å². The highest BCUT2D eigenvalue weighted by Crippen LogP contribution is 2.23. The number of carbonyl (C=O) groups excluding carboxylic acids is 2. The molecule has 0 aromatic heterocycles. The van der Waals surface area contributed by atoms with Gasteiger partial charge >= 0.3 is 0 Å². The van der Waals surface area contributed by atoms with Crippen molar-refractivity contribution >= 4 is 23.4 Å². The third-order valence-electron chi connectivity index (χ3n) is 7.05. The molecule has 1 atom stereocenters. The lowest BCUT2D eigenvalue weighted by Gasteiger charge is -2.33. The number of hydrogen-bond donors (Lipinski definition) is 1. The fourth-order valence-electron chi connectivity index (χ4n) is 5.06. The molecule has 1 N–H and O–H groups in total. The first kappa shape index (κ1) is 26.9. The number of nitrogens with one attached hydrogen (secondary N) is 1. The highest BCUT2D eigenvalue weighted by molar-refractivity contribution is 6.31. The number of carbonyl (C=O) groups is 2. The highest BCUT2D eigenvalue weighted by atomic mass is 35.5. The van der Waals surface area contributed by atoms with Crippen molar-refractivity contribution in [1.29, 1.82) is 0 Å². The van der Waals surface area contributed by atoms with E-state index in [-0.39, 0.29) is 41.4 Å². The molecule has 194 valence electrons. The number of hydrogen-bond acceptors (Lipinski definition) is 2. The van der Waals surface area contributed by atoms with Crippen molar-refractivity contribution in [3.8, 4) is 0 Å². The van der Waals surface area contributed by atoms with Gasteiger partial charge in [-0.1, -0.05) is 97.1 Å². The lowest BCUT2D eigenvalue weighted by atomic mass is 9.94. The smallest absolute Gasteiger partial charge is 0.243 e. The molecule has 37 heavy (non-hydrogen) atoms. The Labute approximate surface area is 223 Å². The van der Waals surface area contributed by atoms with Crippen LogP contribution in [0, 0.1) is 12.7 Å². The first-order chi connectivity index (χ1) is 17.9. The van der Waals surface area contributed by atoms with E-state index in [4.69, 9.17) is 11.6 Å². The number of nitrogens with zero attached hydrogens (tertiary/aromatic N) is 1. The minimum absolute atomic E-state index is 0.108. The first-order valence-electron chi connectivity index (χ1n) is 13.0. The van der Waals surface area contributed by atoms with Crippen LogP contribution in [-0.4, -0.2) is 28.8 Å². The van der Waals surface area contributed by atoms with Gasteiger partial charge < -0.3 is 10.2 Å².